The lowest BCUT2D eigenvalue weighted by molar-refractivity contribution is -0.138. The highest BCUT2D eigenvalue weighted by Gasteiger charge is 2.36. The summed E-state index contributed by atoms with van der Waals surface area (Å²) in [5.74, 6) is -0.0346. The lowest BCUT2D eigenvalue weighted by atomic mass is 10.0. The van der Waals surface area contributed by atoms with Gasteiger partial charge in [-0.15, -0.1) is 0 Å². The highest BCUT2D eigenvalue weighted by molar-refractivity contribution is 7.80. The maximum atomic E-state index is 14.3. The van der Waals surface area contributed by atoms with Crippen molar-refractivity contribution in [1.82, 2.24) is 19.8 Å². The van der Waals surface area contributed by atoms with Crippen LogP contribution in [-0.2, 0) is 17.8 Å². The third-order valence-corrected chi connectivity index (χ3v) is 9.73. The molecule has 232 valence electrons. The van der Waals surface area contributed by atoms with E-state index in [0.717, 1.165) is 59.5 Å². The Labute approximate surface area is 267 Å². The van der Waals surface area contributed by atoms with Crippen molar-refractivity contribution in [3.8, 4) is 12.1 Å². The number of hydrogen-bond donors (Lipinski definition) is 1. The summed E-state index contributed by atoms with van der Waals surface area (Å²) in [6.45, 7) is 3.97. The molecule has 3 aromatic rings. The molecule has 3 aliphatic heterocycles. The Morgan fingerprint density at radius 1 is 1.16 bits per heavy atom. The number of amides is 1. The van der Waals surface area contributed by atoms with Crippen LogP contribution in [0, 0.1) is 11.3 Å². The van der Waals surface area contributed by atoms with Crippen molar-refractivity contribution in [3.63, 3.8) is 0 Å². The van der Waals surface area contributed by atoms with E-state index in [1.165, 1.54) is 4.90 Å². The number of thiol groups is 1. The largest absolute Gasteiger partial charge is 0.462 e. The molecular weight excluding hydrogens is 601 g/mol. The summed E-state index contributed by atoms with van der Waals surface area (Å²) in [5, 5.41) is 12.4. The van der Waals surface area contributed by atoms with E-state index < -0.39 is 18.1 Å². The molecule has 2 fully saturated rings. The van der Waals surface area contributed by atoms with Crippen LogP contribution in [0.25, 0.3) is 10.8 Å². The number of rotatable bonds is 8. The number of nitrogens with zero attached hydrogens (tertiary/aromatic N) is 7. The summed E-state index contributed by atoms with van der Waals surface area (Å²) >= 11 is 10.7. The molecule has 6 rings (SSSR count). The maximum absolute atomic E-state index is 14.3. The van der Waals surface area contributed by atoms with Gasteiger partial charge in [-0.3, -0.25) is 4.79 Å². The molecule has 0 N–H and O–H groups in total. The molecule has 44 heavy (non-hydrogen) atoms. The Kier molecular flexibility index (Phi) is 9.31. The molecule has 3 atom stereocenters. The monoisotopic (exact) mass is 637 g/mol. The second kappa shape index (κ2) is 13.3. The predicted molar refractivity (Wildman–Crippen MR) is 174 cm³/mol. The third-order valence-electron chi connectivity index (χ3n) is 9.09. The molecule has 0 radical (unpaired) electrons. The van der Waals surface area contributed by atoms with Gasteiger partial charge in [-0.25, -0.2) is 4.39 Å². The van der Waals surface area contributed by atoms with E-state index >= 15 is 0 Å². The van der Waals surface area contributed by atoms with Crippen LogP contribution in [0.5, 0.6) is 6.01 Å². The molecule has 1 aromatic heterocycles. The molecule has 2 saturated heterocycles. The molecule has 0 unspecified atom stereocenters. The van der Waals surface area contributed by atoms with Gasteiger partial charge in [0.2, 0.25) is 0 Å². The summed E-state index contributed by atoms with van der Waals surface area (Å²) in [7, 11) is 2.11. The van der Waals surface area contributed by atoms with Crippen LogP contribution in [-0.4, -0.2) is 96.1 Å². The first-order chi connectivity index (χ1) is 21.4. The molecule has 0 bridgehead atoms. The minimum Gasteiger partial charge on any atom is -0.462 e. The van der Waals surface area contributed by atoms with Crippen LogP contribution in [0.2, 0.25) is 5.02 Å². The van der Waals surface area contributed by atoms with E-state index in [9.17, 15) is 14.4 Å². The number of alkyl halides is 1. The van der Waals surface area contributed by atoms with Crippen molar-refractivity contribution < 1.29 is 13.9 Å². The SMILES string of the molecule is CN1CCC[C@H]1COc1nc2c(c(N3CCN(C(=O)[C@H](F)CS)[C@@H](CC#N)C3)n1)CCN(c1cccc3cccc(Cl)c13)C2. The second-order valence-corrected chi connectivity index (χ2v) is 12.5. The molecule has 0 saturated carbocycles. The molecular formula is C32H37ClFN7O2S. The zero-order valence-corrected chi connectivity index (χ0v) is 26.5. The number of likely N-dealkylation sites (N-methyl/N-ethyl adjacent to an activating group) is 1. The number of piperazine rings is 1. The minimum absolute atomic E-state index is 0.0990. The zero-order chi connectivity index (χ0) is 30.8. The Balaban J connectivity index is 1.33. The topological polar surface area (TPSA) is 88.8 Å². The number of benzene rings is 2. The number of hydrogen-bond acceptors (Lipinski definition) is 9. The van der Waals surface area contributed by atoms with Gasteiger partial charge in [-0.05, 0) is 50.4 Å². The van der Waals surface area contributed by atoms with Gasteiger partial charge in [0, 0.05) is 54.6 Å². The van der Waals surface area contributed by atoms with Crippen molar-refractivity contribution in [3.05, 3.63) is 52.7 Å². The fourth-order valence-corrected chi connectivity index (χ4v) is 7.13. The number of aromatic nitrogens is 2. The van der Waals surface area contributed by atoms with Crippen LogP contribution < -0.4 is 14.5 Å². The van der Waals surface area contributed by atoms with Gasteiger partial charge in [0.15, 0.2) is 6.17 Å². The van der Waals surface area contributed by atoms with E-state index in [1.807, 2.05) is 18.2 Å². The molecule has 9 nitrogen and oxygen atoms in total. The van der Waals surface area contributed by atoms with Crippen LogP contribution in [0.15, 0.2) is 36.4 Å². The van der Waals surface area contributed by atoms with Crippen molar-refractivity contribution in [2.45, 2.75) is 50.5 Å². The van der Waals surface area contributed by atoms with Gasteiger partial charge in [0.05, 0.1) is 35.8 Å². The molecule has 0 aliphatic carbocycles. The van der Waals surface area contributed by atoms with Gasteiger partial charge < -0.3 is 24.3 Å². The lowest BCUT2D eigenvalue weighted by Gasteiger charge is -2.42. The Bertz CT molecular complexity index is 1570. The number of carbonyl (C=O) groups is 1. The van der Waals surface area contributed by atoms with E-state index in [4.69, 9.17) is 26.3 Å². The summed E-state index contributed by atoms with van der Waals surface area (Å²) in [6.07, 6.45) is 1.31. The van der Waals surface area contributed by atoms with Crippen LogP contribution in [0.3, 0.4) is 0 Å². The number of anilines is 2. The van der Waals surface area contributed by atoms with E-state index in [-0.39, 0.29) is 12.2 Å². The van der Waals surface area contributed by atoms with Gasteiger partial charge in [-0.1, -0.05) is 35.9 Å². The van der Waals surface area contributed by atoms with Crippen molar-refractivity contribution in [2.24, 2.45) is 0 Å². The van der Waals surface area contributed by atoms with E-state index in [2.05, 4.69) is 58.6 Å². The first kappa shape index (κ1) is 30.7. The fraction of sp³-hybridized carbons (Fsp3) is 0.500. The number of ether oxygens (including phenoxy) is 1. The first-order valence-electron chi connectivity index (χ1n) is 15.2. The summed E-state index contributed by atoms with van der Waals surface area (Å²) in [5.41, 5.74) is 2.97. The molecule has 0 spiro atoms. The van der Waals surface area contributed by atoms with Crippen molar-refractivity contribution >= 4 is 52.4 Å². The number of likely N-dealkylation sites (tertiary alicyclic amines) is 1. The summed E-state index contributed by atoms with van der Waals surface area (Å²) in [4.78, 5) is 30.9. The van der Waals surface area contributed by atoms with Crippen LogP contribution >= 0.6 is 24.2 Å². The molecule has 3 aliphatic rings. The predicted octanol–water partition coefficient (Wildman–Crippen LogP) is 4.52. The molecule has 1 amide bonds. The van der Waals surface area contributed by atoms with Gasteiger partial charge in [-0.2, -0.15) is 27.9 Å². The van der Waals surface area contributed by atoms with Crippen LogP contribution in [0.1, 0.15) is 30.5 Å². The maximum Gasteiger partial charge on any atom is 0.318 e. The first-order valence-corrected chi connectivity index (χ1v) is 16.2. The average Bonchev–Trinajstić information content (AvgIpc) is 3.46. The van der Waals surface area contributed by atoms with Gasteiger partial charge in [0.1, 0.15) is 12.4 Å². The summed E-state index contributed by atoms with van der Waals surface area (Å²) in [6, 6.07) is 14.5. The Morgan fingerprint density at radius 3 is 2.73 bits per heavy atom. The fourth-order valence-electron chi connectivity index (χ4n) is 6.70. The van der Waals surface area contributed by atoms with E-state index in [0.29, 0.717) is 56.3 Å². The standard InChI is InChI=1S/C32H37ClFN7O2S/c1-38-13-4-7-23(38)19-43-32-36-27-18-39(28-9-3-6-21-5-2-8-25(33)29(21)28)14-11-24(27)30(37-32)40-15-16-41(22(17-40)10-12-35)31(42)26(34)20-44/h2-3,5-6,8-9,22-23,26,44H,4,7,10-11,13-20H2,1H3/t22-,23-,26+/m0/s1. The number of nitriles is 1. The van der Waals surface area contributed by atoms with Crippen molar-refractivity contribution in [2.75, 3.05) is 61.9 Å². The quantitative estimate of drug-likeness (QED) is 0.361. The number of fused-ring (bicyclic) bond motifs is 2. The Morgan fingerprint density at radius 2 is 1.98 bits per heavy atom. The molecule has 4 heterocycles. The molecule has 12 heteroatoms. The lowest BCUT2D eigenvalue weighted by Crippen LogP contribution is -2.57. The average molecular weight is 638 g/mol. The second-order valence-electron chi connectivity index (χ2n) is 11.8. The smallest absolute Gasteiger partial charge is 0.318 e. The third kappa shape index (κ3) is 6.12. The van der Waals surface area contributed by atoms with E-state index in [1.54, 1.807) is 0 Å². The highest BCUT2D eigenvalue weighted by atomic mass is 35.5. The Hall–Kier alpha value is -3.33. The normalized spacial score (nSPS) is 21.3. The van der Waals surface area contributed by atoms with Crippen LogP contribution in [0.4, 0.5) is 15.9 Å². The number of carbonyl (C=O) groups excluding carboxylic acids is 1. The highest BCUT2D eigenvalue weighted by Crippen LogP contribution is 2.37. The van der Waals surface area contributed by atoms with Crippen molar-refractivity contribution in [1.29, 1.82) is 5.26 Å². The zero-order valence-electron chi connectivity index (χ0n) is 24.8. The van der Waals surface area contributed by atoms with Gasteiger partial charge >= 0.3 is 6.01 Å². The molecule has 2 aromatic carbocycles. The number of halogens is 2. The van der Waals surface area contributed by atoms with Gasteiger partial charge in [0.25, 0.3) is 5.91 Å². The summed E-state index contributed by atoms with van der Waals surface area (Å²) < 4.78 is 20.6. The minimum atomic E-state index is -1.69.